The number of nitrogens with zero attached hydrogens (tertiary/aromatic N) is 1. The zero-order valence-corrected chi connectivity index (χ0v) is 10.5. The molecule has 0 spiro atoms. The lowest BCUT2D eigenvalue weighted by atomic mass is 9.92. The van der Waals surface area contributed by atoms with E-state index in [4.69, 9.17) is 5.73 Å². The summed E-state index contributed by atoms with van der Waals surface area (Å²) in [5.74, 6) is 0.147. The highest BCUT2D eigenvalue weighted by Crippen LogP contribution is 2.17. The lowest BCUT2D eigenvalue weighted by Gasteiger charge is -2.39. The van der Waals surface area contributed by atoms with Gasteiger partial charge in [-0.25, -0.2) is 0 Å². The van der Waals surface area contributed by atoms with Crippen molar-refractivity contribution >= 4 is 5.91 Å². The normalized spacial score (nSPS) is 27.2. The van der Waals surface area contributed by atoms with Crippen LogP contribution in [0.1, 0.15) is 20.3 Å². The standard InChI is InChI=1S/C11H24N4O/c1-8(2)13-6-10-9(4-5-12)11(16)14-7-15(10)3/h8-10,13H,4-7,12H2,1-3H3,(H,14,16). The first-order valence-electron chi connectivity index (χ1n) is 5.97. The molecule has 4 N–H and O–H groups in total. The van der Waals surface area contributed by atoms with Crippen LogP contribution in [0.25, 0.3) is 0 Å². The van der Waals surface area contributed by atoms with Crippen LogP contribution < -0.4 is 16.4 Å². The molecule has 0 bridgehead atoms. The van der Waals surface area contributed by atoms with Gasteiger partial charge in [-0.1, -0.05) is 13.8 Å². The van der Waals surface area contributed by atoms with Crippen LogP contribution in [-0.4, -0.2) is 49.7 Å². The summed E-state index contributed by atoms with van der Waals surface area (Å²) in [5, 5.41) is 6.28. The third-order valence-electron chi connectivity index (χ3n) is 3.08. The fourth-order valence-electron chi connectivity index (χ4n) is 2.09. The van der Waals surface area contributed by atoms with Gasteiger partial charge in [0.25, 0.3) is 0 Å². The van der Waals surface area contributed by atoms with E-state index in [0.29, 0.717) is 19.3 Å². The van der Waals surface area contributed by atoms with Gasteiger partial charge >= 0.3 is 0 Å². The molecule has 0 aromatic rings. The summed E-state index contributed by atoms with van der Waals surface area (Å²) in [5.41, 5.74) is 5.57. The van der Waals surface area contributed by atoms with Crippen LogP contribution in [0.5, 0.6) is 0 Å². The average Bonchev–Trinajstić information content (AvgIpc) is 2.22. The van der Waals surface area contributed by atoms with Gasteiger partial charge < -0.3 is 16.4 Å². The van der Waals surface area contributed by atoms with Crippen molar-refractivity contribution in [1.82, 2.24) is 15.5 Å². The molecule has 0 aromatic carbocycles. The number of rotatable bonds is 5. The van der Waals surface area contributed by atoms with E-state index in [9.17, 15) is 4.79 Å². The number of amides is 1. The van der Waals surface area contributed by atoms with E-state index in [1.807, 2.05) is 7.05 Å². The third-order valence-corrected chi connectivity index (χ3v) is 3.08. The Morgan fingerprint density at radius 1 is 1.62 bits per heavy atom. The Balaban J connectivity index is 2.60. The van der Waals surface area contributed by atoms with E-state index in [1.54, 1.807) is 0 Å². The highest BCUT2D eigenvalue weighted by atomic mass is 16.2. The summed E-state index contributed by atoms with van der Waals surface area (Å²) in [6.07, 6.45) is 0.751. The molecule has 0 saturated carbocycles. The molecular formula is C11H24N4O. The van der Waals surface area contributed by atoms with Gasteiger partial charge in [0, 0.05) is 18.6 Å². The molecule has 1 heterocycles. The molecule has 16 heavy (non-hydrogen) atoms. The van der Waals surface area contributed by atoms with Crippen LogP contribution in [0.15, 0.2) is 0 Å². The molecule has 0 aromatic heterocycles. The van der Waals surface area contributed by atoms with Crippen molar-refractivity contribution < 1.29 is 4.79 Å². The fourth-order valence-corrected chi connectivity index (χ4v) is 2.09. The van der Waals surface area contributed by atoms with Gasteiger partial charge in [-0.05, 0) is 20.0 Å². The predicted octanol–water partition coefficient (Wildman–Crippen LogP) is -0.663. The van der Waals surface area contributed by atoms with E-state index in [0.717, 1.165) is 13.0 Å². The summed E-state index contributed by atoms with van der Waals surface area (Å²) in [6, 6.07) is 0.691. The second kappa shape index (κ2) is 6.18. The Labute approximate surface area is 97.7 Å². The first-order chi connectivity index (χ1) is 7.56. The quantitative estimate of drug-likeness (QED) is 0.584. The zero-order chi connectivity index (χ0) is 12.1. The monoisotopic (exact) mass is 228 g/mol. The van der Waals surface area contributed by atoms with E-state index in [-0.39, 0.29) is 17.9 Å². The minimum absolute atomic E-state index is 0.00926. The van der Waals surface area contributed by atoms with Crippen molar-refractivity contribution in [3.8, 4) is 0 Å². The highest BCUT2D eigenvalue weighted by Gasteiger charge is 2.34. The zero-order valence-electron chi connectivity index (χ0n) is 10.5. The molecule has 0 aliphatic carbocycles. The SMILES string of the molecule is CC(C)NCC1C(CCN)C(=O)NCN1C. The van der Waals surface area contributed by atoms with Gasteiger partial charge in [-0.15, -0.1) is 0 Å². The lowest BCUT2D eigenvalue weighted by Crippen LogP contribution is -2.59. The highest BCUT2D eigenvalue weighted by molar-refractivity contribution is 5.80. The Bertz CT molecular complexity index is 232. The van der Waals surface area contributed by atoms with Crippen molar-refractivity contribution in [3.05, 3.63) is 0 Å². The van der Waals surface area contributed by atoms with Gasteiger partial charge in [0.15, 0.2) is 0 Å². The molecule has 1 aliphatic heterocycles. The largest absolute Gasteiger partial charge is 0.343 e. The molecule has 1 saturated heterocycles. The fraction of sp³-hybridized carbons (Fsp3) is 0.909. The van der Waals surface area contributed by atoms with Crippen LogP contribution in [0.3, 0.4) is 0 Å². The molecule has 1 rings (SSSR count). The van der Waals surface area contributed by atoms with Crippen molar-refractivity contribution in [1.29, 1.82) is 0 Å². The maximum atomic E-state index is 11.8. The van der Waals surface area contributed by atoms with Crippen LogP contribution in [0.2, 0.25) is 0 Å². The topological polar surface area (TPSA) is 70.4 Å². The predicted molar refractivity (Wildman–Crippen MR) is 64.9 cm³/mol. The van der Waals surface area contributed by atoms with Gasteiger partial charge in [0.2, 0.25) is 5.91 Å². The molecule has 2 atom stereocenters. The number of hydrogen-bond acceptors (Lipinski definition) is 4. The third kappa shape index (κ3) is 3.43. The first kappa shape index (κ1) is 13.4. The van der Waals surface area contributed by atoms with Crippen LogP contribution in [0, 0.1) is 5.92 Å². The number of nitrogens with one attached hydrogen (secondary N) is 2. The smallest absolute Gasteiger partial charge is 0.225 e. The summed E-state index contributed by atoms with van der Waals surface area (Å²) >= 11 is 0. The Morgan fingerprint density at radius 3 is 2.88 bits per heavy atom. The minimum atomic E-state index is 0.00926. The van der Waals surface area contributed by atoms with Crippen LogP contribution in [0.4, 0.5) is 0 Å². The lowest BCUT2D eigenvalue weighted by molar-refractivity contribution is -0.131. The molecule has 5 nitrogen and oxygen atoms in total. The second-order valence-corrected chi connectivity index (χ2v) is 4.77. The van der Waals surface area contributed by atoms with E-state index >= 15 is 0 Å². The Hall–Kier alpha value is -0.650. The molecule has 0 radical (unpaired) electrons. The molecular weight excluding hydrogens is 204 g/mol. The maximum absolute atomic E-state index is 11.8. The summed E-state index contributed by atoms with van der Waals surface area (Å²) in [6.45, 7) is 6.25. The molecule has 1 fully saturated rings. The van der Waals surface area contributed by atoms with E-state index in [1.165, 1.54) is 0 Å². The van der Waals surface area contributed by atoms with Gasteiger partial charge in [0.05, 0.1) is 12.6 Å². The summed E-state index contributed by atoms with van der Waals surface area (Å²) < 4.78 is 0. The van der Waals surface area contributed by atoms with Crippen molar-refractivity contribution in [2.45, 2.75) is 32.4 Å². The number of hydrogen-bond donors (Lipinski definition) is 3. The second-order valence-electron chi connectivity index (χ2n) is 4.77. The first-order valence-corrected chi connectivity index (χ1v) is 5.97. The number of nitrogens with two attached hydrogens (primary N) is 1. The van der Waals surface area contributed by atoms with Gasteiger partial charge in [-0.2, -0.15) is 0 Å². The van der Waals surface area contributed by atoms with Crippen molar-refractivity contribution in [3.63, 3.8) is 0 Å². The van der Waals surface area contributed by atoms with E-state index < -0.39 is 0 Å². The number of carbonyl (C=O) groups excluding carboxylic acids is 1. The Kier molecular flexibility index (Phi) is 5.18. The van der Waals surface area contributed by atoms with Gasteiger partial charge in [0.1, 0.15) is 0 Å². The molecule has 2 unspecified atom stereocenters. The summed E-state index contributed by atoms with van der Waals surface area (Å²) in [4.78, 5) is 13.9. The maximum Gasteiger partial charge on any atom is 0.225 e. The molecule has 94 valence electrons. The van der Waals surface area contributed by atoms with Crippen LogP contribution >= 0.6 is 0 Å². The van der Waals surface area contributed by atoms with Crippen molar-refractivity contribution in [2.75, 3.05) is 26.8 Å². The molecule has 1 aliphatic rings. The minimum Gasteiger partial charge on any atom is -0.343 e. The van der Waals surface area contributed by atoms with Crippen molar-refractivity contribution in [2.24, 2.45) is 11.7 Å². The molecule has 5 heteroatoms. The summed E-state index contributed by atoms with van der Waals surface area (Å²) in [7, 11) is 2.04. The number of carbonyl (C=O) groups is 1. The van der Waals surface area contributed by atoms with Crippen LogP contribution in [-0.2, 0) is 4.79 Å². The molecule has 1 amide bonds. The average molecular weight is 228 g/mol. The van der Waals surface area contributed by atoms with Gasteiger partial charge in [-0.3, -0.25) is 9.69 Å². The number of likely N-dealkylation sites (N-methyl/N-ethyl adjacent to an activating group) is 1. The van der Waals surface area contributed by atoms with E-state index in [2.05, 4.69) is 29.4 Å². The Morgan fingerprint density at radius 2 is 2.31 bits per heavy atom.